The second kappa shape index (κ2) is 8.29. The Hall–Kier alpha value is -4.65. The van der Waals surface area contributed by atoms with Gasteiger partial charge in [-0.1, -0.05) is 6.07 Å². The highest BCUT2D eigenvalue weighted by atomic mass is 16.5. The highest BCUT2D eigenvalue weighted by Crippen LogP contribution is 2.56. The van der Waals surface area contributed by atoms with E-state index in [9.17, 15) is 5.26 Å². The second-order valence-corrected chi connectivity index (χ2v) is 8.80. The van der Waals surface area contributed by atoms with E-state index in [0.29, 0.717) is 29.6 Å². The van der Waals surface area contributed by atoms with E-state index in [1.54, 1.807) is 24.2 Å². The fraction of sp³-hybridized carbons (Fsp3) is 0.240. The molecule has 35 heavy (non-hydrogen) atoms. The van der Waals surface area contributed by atoms with Gasteiger partial charge >= 0.3 is 0 Å². The zero-order chi connectivity index (χ0) is 23.8. The quantitative estimate of drug-likeness (QED) is 0.372. The van der Waals surface area contributed by atoms with Crippen molar-refractivity contribution in [3.63, 3.8) is 0 Å². The third-order valence-corrected chi connectivity index (χ3v) is 6.48. The second-order valence-electron chi connectivity index (χ2n) is 8.80. The van der Waals surface area contributed by atoms with E-state index in [0.717, 1.165) is 29.4 Å². The maximum atomic E-state index is 9.57. The Morgan fingerprint density at radius 2 is 2.11 bits per heavy atom. The van der Waals surface area contributed by atoms with Crippen LogP contribution in [0.1, 0.15) is 29.7 Å². The summed E-state index contributed by atoms with van der Waals surface area (Å²) in [4.78, 5) is 13.2. The lowest BCUT2D eigenvalue weighted by Crippen LogP contribution is -2.08. The van der Waals surface area contributed by atoms with E-state index in [2.05, 4.69) is 48.1 Å². The molecule has 174 valence electrons. The summed E-state index contributed by atoms with van der Waals surface area (Å²) in [6.07, 6.45) is 9.18. The minimum absolute atomic E-state index is 0.268. The summed E-state index contributed by atoms with van der Waals surface area (Å²) < 4.78 is 7.43. The van der Waals surface area contributed by atoms with Gasteiger partial charge in [0.2, 0.25) is 5.95 Å². The maximum absolute atomic E-state index is 9.57. The van der Waals surface area contributed by atoms with Crippen molar-refractivity contribution in [2.75, 3.05) is 29.6 Å². The number of hydrogen-bond donors (Lipinski definition) is 3. The number of hydrogen-bond acceptors (Lipinski definition) is 9. The molecule has 10 nitrogen and oxygen atoms in total. The summed E-state index contributed by atoms with van der Waals surface area (Å²) in [6.45, 7) is 1.50. The SMILES string of the molecule is COc1cc2c(cc1Nc1ncc(C#N)c(Nc3cnn(Cc4ccccn4)c3)n1)NCC21CC1. The van der Waals surface area contributed by atoms with Gasteiger partial charge in [-0.3, -0.25) is 9.67 Å². The zero-order valence-electron chi connectivity index (χ0n) is 19.1. The van der Waals surface area contributed by atoms with Crippen LogP contribution in [-0.2, 0) is 12.0 Å². The Kier molecular flexibility index (Phi) is 4.95. The van der Waals surface area contributed by atoms with Gasteiger partial charge < -0.3 is 20.7 Å². The van der Waals surface area contributed by atoms with E-state index in [-0.39, 0.29) is 5.41 Å². The number of aromatic nitrogens is 5. The predicted molar refractivity (Wildman–Crippen MR) is 131 cm³/mol. The molecule has 4 aromatic rings. The molecule has 0 amide bonds. The molecule has 1 saturated carbocycles. The summed E-state index contributed by atoms with van der Waals surface area (Å²) in [6, 6.07) is 12.0. The molecule has 0 atom stereocenters. The van der Waals surface area contributed by atoms with Crippen molar-refractivity contribution in [2.24, 2.45) is 0 Å². The summed E-state index contributed by atoms with van der Waals surface area (Å²) >= 11 is 0. The molecule has 3 aromatic heterocycles. The lowest BCUT2D eigenvalue weighted by molar-refractivity contribution is 0.416. The molecule has 1 fully saturated rings. The topological polar surface area (TPSA) is 126 Å². The minimum atomic E-state index is 0.268. The first-order chi connectivity index (χ1) is 17.2. The Morgan fingerprint density at radius 3 is 2.89 bits per heavy atom. The number of fused-ring (bicyclic) bond motifs is 2. The monoisotopic (exact) mass is 465 g/mol. The van der Waals surface area contributed by atoms with Crippen molar-refractivity contribution in [1.82, 2.24) is 24.7 Å². The molecule has 1 aliphatic carbocycles. The fourth-order valence-corrected chi connectivity index (χ4v) is 4.44. The van der Waals surface area contributed by atoms with Gasteiger partial charge in [0.1, 0.15) is 17.4 Å². The van der Waals surface area contributed by atoms with Gasteiger partial charge in [-0.05, 0) is 42.7 Å². The van der Waals surface area contributed by atoms with Crippen molar-refractivity contribution < 1.29 is 4.74 Å². The molecule has 4 heterocycles. The zero-order valence-corrected chi connectivity index (χ0v) is 19.1. The van der Waals surface area contributed by atoms with Crippen molar-refractivity contribution in [3.05, 3.63) is 71.9 Å². The molecule has 10 heteroatoms. The molecule has 0 bridgehead atoms. The number of anilines is 5. The van der Waals surface area contributed by atoms with Gasteiger partial charge in [0.05, 0.1) is 43.1 Å². The number of pyridine rings is 1. The van der Waals surface area contributed by atoms with Crippen LogP contribution in [0.3, 0.4) is 0 Å². The Bertz CT molecular complexity index is 1440. The molecule has 0 radical (unpaired) electrons. The van der Waals surface area contributed by atoms with Gasteiger partial charge in [-0.2, -0.15) is 15.3 Å². The first kappa shape index (κ1) is 20.9. The first-order valence-corrected chi connectivity index (χ1v) is 11.4. The van der Waals surface area contributed by atoms with E-state index in [4.69, 9.17) is 4.74 Å². The van der Waals surface area contributed by atoms with Crippen LogP contribution in [-0.4, -0.2) is 38.4 Å². The normalized spacial score (nSPS) is 14.6. The first-order valence-electron chi connectivity index (χ1n) is 11.4. The number of nitriles is 1. The van der Waals surface area contributed by atoms with Crippen LogP contribution in [0.15, 0.2) is 55.1 Å². The summed E-state index contributed by atoms with van der Waals surface area (Å²) in [5.41, 5.74) is 5.38. The van der Waals surface area contributed by atoms with E-state index < -0.39 is 0 Å². The van der Waals surface area contributed by atoms with Crippen molar-refractivity contribution >= 4 is 28.8 Å². The fourth-order valence-electron chi connectivity index (χ4n) is 4.44. The number of nitrogens with zero attached hydrogens (tertiary/aromatic N) is 6. The average Bonchev–Trinajstić information content (AvgIpc) is 3.42. The number of benzene rings is 1. The molecule has 1 aliphatic heterocycles. The predicted octanol–water partition coefficient (Wildman–Crippen LogP) is 3.94. The molecule has 1 aromatic carbocycles. The minimum Gasteiger partial charge on any atom is -0.495 e. The average molecular weight is 466 g/mol. The van der Waals surface area contributed by atoms with Crippen LogP contribution in [0.4, 0.5) is 28.8 Å². The summed E-state index contributed by atoms with van der Waals surface area (Å²) in [7, 11) is 1.66. The lowest BCUT2D eigenvalue weighted by atomic mass is 9.98. The van der Waals surface area contributed by atoms with Gasteiger partial charge in [0.15, 0.2) is 5.82 Å². The number of ether oxygens (including phenoxy) is 1. The third kappa shape index (κ3) is 3.97. The highest BCUT2D eigenvalue weighted by Gasteiger charge is 2.49. The van der Waals surface area contributed by atoms with Gasteiger partial charge in [0.25, 0.3) is 0 Å². The number of rotatable bonds is 7. The van der Waals surface area contributed by atoms with Crippen LogP contribution < -0.4 is 20.7 Å². The standard InChI is InChI=1S/C25H23N9O/c1-35-22-8-19-20(29-15-25(19)5-6-25)9-21(22)32-24-28-11-16(10-26)23(33-24)31-18-12-30-34(14-18)13-17-4-2-3-7-27-17/h2-4,7-9,11-12,14,29H,5-6,13,15H2,1H3,(H2,28,31,32,33). The number of nitrogens with one attached hydrogen (secondary N) is 3. The van der Waals surface area contributed by atoms with E-state index in [1.165, 1.54) is 24.6 Å². The molecule has 1 spiro atoms. The van der Waals surface area contributed by atoms with Crippen molar-refractivity contribution in [2.45, 2.75) is 24.8 Å². The van der Waals surface area contributed by atoms with E-state index in [1.807, 2.05) is 30.5 Å². The molecule has 3 N–H and O–H groups in total. The van der Waals surface area contributed by atoms with Crippen molar-refractivity contribution in [1.29, 1.82) is 5.26 Å². The molecule has 0 unspecified atom stereocenters. The Labute approximate surface area is 202 Å². The van der Waals surface area contributed by atoms with Gasteiger partial charge in [0, 0.05) is 30.0 Å². The molecular weight excluding hydrogens is 442 g/mol. The number of methoxy groups -OCH3 is 1. The van der Waals surface area contributed by atoms with Gasteiger partial charge in [-0.25, -0.2) is 4.98 Å². The smallest absolute Gasteiger partial charge is 0.229 e. The lowest BCUT2D eigenvalue weighted by Gasteiger charge is -2.15. The van der Waals surface area contributed by atoms with Crippen molar-refractivity contribution in [3.8, 4) is 11.8 Å². The van der Waals surface area contributed by atoms with Crippen LogP contribution in [0, 0.1) is 11.3 Å². The molecule has 2 aliphatic rings. The van der Waals surface area contributed by atoms with Crippen LogP contribution in [0.5, 0.6) is 5.75 Å². The highest BCUT2D eigenvalue weighted by molar-refractivity contribution is 5.76. The Morgan fingerprint density at radius 1 is 1.20 bits per heavy atom. The van der Waals surface area contributed by atoms with Crippen LogP contribution in [0.2, 0.25) is 0 Å². The van der Waals surface area contributed by atoms with Crippen LogP contribution in [0.25, 0.3) is 0 Å². The van der Waals surface area contributed by atoms with E-state index >= 15 is 0 Å². The van der Waals surface area contributed by atoms with Crippen LogP contribution >= 0.6 is 0 Å². The molecule has 6 rings (SSSR count). The third-order valence-electron chi connectivity index (χ3n) is 6.48. The maximum Gasteiger partial charge on any atom is 0.229 e. The molecular formula is C25H23N9O. The Balaban J connectivity index is 1.24. The summed E-state index contributed by atoms with van der Waals surface area (Å²) in [5, 5.41) is 23.9. The largest absolute Gasteiger partial charge is 0.495 e. The summed E-state index contributed by atoms with van der Waals surface area (Å²) in [5.74, 6) is 1.47. The molecule has 0 saturated heterocycles. The van der Waals surface area contributed by atoms with Gasteiger partial charge in [-0.15, -0.1) is 0 Å².